The molecule has 5 nitrogen and oxygen atoms in total. The SMILES string of the molecule is Cc1ccc(S(=O)(=O)n2cc3c4c(ccnc42)-c2ccccc2N(C)C3)cc1. The second kappa shape index (κ2) is 5.94. The Morgan fingerprint density at radius 1 is 0.964 bits per heavy atom. The Kier molecular flexibility index (Phi) is 3.61. The Morgan fingerprint density at radius 2 is 1.71 bits per heavy atom. The number of hydrogen-bond donors (Lipinski definition) is 0. The van der Waals surface area contributed by atoms with Crippen molar-refractivity contribution in [2.45, 2.75) is 18.4 Å². The highest BCUT2D eigenvalue weighted by Crippen LogP contribution is 2.41. The lowest BCUT2D eigenvalue weighted by Crippen LogP contribution is -2.16. The number of fused-ring (bicyclic) bond motifs is 2. The number of aromatic nitrogens is 2. The number of rotatable bonds is 2. The molecule has 0 atom stereocenters. The van der Waals surface area contributed by atoms with Gasteiger partial charge in [-0.1, -0.05) is 35.9 Å². The number of nitrogens with zero attached hydrogens (tertiary/aromatic N) is 3. The smallest absolute Gasteiger partial charge is 0.269 e. The first kappa shape index (κ1) is 17.0. The Labute approximate surface area is 163 Å². The van der Waals surface area contributed by atoms with Crippen LogP contribution in [-0.2, 0) is 16.6 Å². The molecule has 0 bridgehead atoms. The molecule has 2 aromatic carbocycles. The molecule has 0 fully saturated rings. The van der Waals surface area contributed by atoms with Gasteiger partial charge < -0.3 is 4.90 Å². The van der Waals surface area contributed by atoms with Crippen LogP contribution in [0.4, 0.5) is 5.69 Å². The first-order chi connectivity index (χ1) is 13.5. The fourth-order valence-electron chi connectivity index (χ4n) is 3.93. The molecule has 0 saturated carbocycles. The first-order valence-corrected chi connectivity index (χ1v) is 10.5. The third-order valence-electron chi connectivity index (χ3n) is 5.32. The van der Waals surface area contributed by atoms with Crippen LogP contribution in [0.1, 0.15) is 11.1 Å². The molecule has 1 aliphatic heterocycles. The van der Waals surface area contributed by atoms with Gasteiger partial charge in [-0.2, -0.15) is 0 Å². The second-order valence-corrected chi connectivity index (χ2v) is 9.01. The van der Waals surface area contributed by atoms with E-state index in [2.05, 4.69) is 22.0 Å². The zero-order valence-electron chi connectivity index (χ0n) is 15.6. The summed E-state index contributed by atoms with van der Waals surface area (Å²) >= 11 is 0. The maximum Gasteiger partial charge on any atom is 0.269 e. The van der Waals surface area contributed by atoms with Gasteiger partial charge in [-0.25, -0.2) is 17.4 Å². The van der Waals surface area contributed by atoms with Crippen molar-refractivity contribution in [3.8, 4) is 11.1 Å². The molecular weight excluding hydrogens is 370 g/mol. The third kappa shape index (κ3) is 2.38. The van der Waals surface area contributed by atoms with Gasteiger partial charge in [-0.3, -0.25) is 0 Å². The van der Waals surface area contributed by atoms with Gasteiger partial charge in [-0.15, -0.1) is 0 Å². The fourth-order valence-corrected chi connectivity index (χ4v) is 5.27. The van der Waals surface area contributed by atoms with E-state index in [0.29, 0.717) is 12.2 Å². The van der Waals surface area contributed by atoms with Gasteiger partial charge in [0, 0.05) is 48.2 Å². The Bertz CT molecular complexity index is 1320. The van der Waals surface area contributed by atoms with Gasteiger partial charge in [0.1, 0.15) is 0 Å². The normalized spacial score (nSPS) is 13.4. The number of aryl methyl sites for hydroxylation is 1. The molecule has 4 aromatic rings. The molecule has 0 saturated heterocycles. The summed E-state index contributed by atoms with van der Waals surface area (Å²) < 4.78 is 28.0. The maximum atomic E-state index is 13.3. The minimum atomic E-state index is -3.73. The predicted molar refractivity (Wildman–Crippen MR) is 111 cm³/mol. The van der Waals surface area contributed by atoms with Gasteiger partial charge in [0.2, 0.25) is 0 Å². The zero-order chi connectivity index (χ0) is 19.5. The zero-order valence-corrected chi connectivity index (χ0v) is 16.4. The van der Waals surface area contributed by atoms with Gasteiger partial charge in [0.25, 0.3) is 10.0 Å². The molecule has 0 N–H and O–H groups in total. The third-order valence-corrected chi connectivity index (χ3v) is 6.99. The minimum absolute atomic E-state index is 0.263. The van der Waals surface area contributed by atoms with E-state index in [1.54, 1.807) is 24.5 Å². The average Bonchev–Trinajstić information content (AvgIpc) is 3.02. The summed E-state index contributed by atoms with van der Waals surface area (Å²) in [6.45, 7) is 2.55. The largest absolute Gasteiger partial charge is 0.370 e. The van der Waals surface area contributed by atoms with E-state index < -0.39 is 10.0 Å². The van der Waals surface area contributed by atoms with Crippen molar-refractivity contribution in [2.24, 2.45) is 0 Å². The molecule has 0 spiro atoms. The Balaban J connectivity index is 1.81. The fraction of sp³-hybridized carbons (Fsp3) is 0.136. The Morgan fingerprint density at radius 3 is 2.50 bits per heavy atom. The van der Waals surface area contributed by atoms with Crippen LogP contribution >= 0.6 is 0 Å². The van der Waals surface area contributed by atoms with Crippen molar-refractivity contribution in [2.75, 3.05) is 11.9 Å². The summed E-state index contributed by atoms with van der Waals surface area (Å²) in [6.07, 6.45) is 3.41. The molecule has 3 heterocycles. The molecule has 2 aromatic heterocycles. The van der Waals surface area contributed by atoms with Crippen LogP contribution < -0.4 is 4.90 Å². The topological polar surface area (TPSA) is 55.2 Å². The highest BCUT2D eigenvalue weighted by molar-refractivity contribution is 7.90. The van der Waals surface area contributed by atoms with Crippen LogP contribution in [0.15, 0.2) is 71.9 Å². The van der Waals surface area contributed by atoms with Gasteiger partial charge >= 0.3 is 0 Å². The number of hydrogen-bond acceptors (Lipinski definition) is 4. The maximum absolute atomic E-state index is 13.3. The average molecular weight is 389 g/mol. The summed E-state index contributed by atoms with van der Waals surface area (Å²) in [4.78, 5) is 6.87. The summed E-state index contributed by atoms with van der Waals surface area (Å²) in [5, 5.41) is 0.898. The molecule has 28 heavy (non-hydrogen) atoms. The van der Waals surface area contributed by atoms with Gasteiger partial charge in [0.05, 0.1) is 4.90 Å². The van der Waals surface area contributed by atoms with Crippen LogP contribution in [-0.4, -0.2) is 24.4 Å². The van der Waals surface area contributed by atoms with E-state index in [1.165, 1.54) is 3.97 Å². The van der Waals surface area contributed by atoms with E-state index in [0.717, 1.165) is 33.3 Å². The first-order valence-electron chi connectivity index (χ1n) is 9.08. The van der Waals surface area contributed by atoms with Crippen molar-refractivity contribution < 1.29 is 8.42 Å². The summed E-state index contributed by atoms with van der Waals surface area (Å²) in [5.41, 5.74) is 5.66. The van der Waals surface area contributed by atoms with E-state index in [9.17, 15) is 8.42 Å². The highest BCUT2D eigenvalue weighted by atomic mass is 32.2. The van der Waals surface area contributed by atoms with Crippen molar-refractivity contribution in [1.29, 1.82) is 0 Å². The quantitative estimate of drug-likeness (QED) is 0.516. The van der Waals surface area contributed by atoms with Crippen LogP contribution in [0, 0.1) is 6.92 Å². The Hall–Kier alpha value is -3.12. The number of benzene rings is 2. The monoisotopic (exact) mass is 389 g/mol. The molecule has 1 aliphatic rings. The predicted octanol–water partition coefficient (Wildman–Crippen LogP) is 4.20. The lowest BCUT2D eigenvalue weighted by molar-refractivity contribution is 0.588. The van der Waals surface area contributed by atoms with Crippen molar-refractivity contribution in [3.05, 3.63) is 78.1 Å². The molecular formula is C22H19N3O2S. The summed E-state index contributed by atoms with van der Waals surface area (Å²) in [5.74, 6) is 0. The van der Waals surface area contributed by atoms with Crippen molar-refractivity contribution in [3.63, 3.8) is 0 Å². The van der Waals surface area contributed by atoms with Crippen LogP contribution in [0.2, 0.25) is 0 Å². The highest BCUT2D eigenvalue weighted by Gasteiger charge is 2.27. The number of para-hydroxylation sites is 1. The summed E-state index contributed by atoms with van der Waals surface area (Å²) in [7, 11) is -1.71. The number of pyridine rings is 1. The standard InChI is InChI=1S/C22H19N3O2S/c1-15-7-9-17(10-8-15)28(26,27)25-14-16-13-24(2)20-6-4-3-5-18(20)19-11-12-23-22(25)21(16)19/h3-12,14H,13H2,1-2H3. The molecule has 140 valence electrons. The van der Waals surface area contributed by atoms with E-state index in [1.807, 2.05) is 44.3 Å². The molecule has 0 amide bonds. The van der Waals surface area contributed by atoms with Crippen molar-refractivity contribution >= 4 is 26.7 Å². The minimum Gasteiger partial charge on any atom is -0.370 e. The van der Waals surface area contributed by atoms with Crippen LogP contribution in [0.25, 0.3) is 22.2 Å². The van der Waals surface area contributed by atoms with E-state index in [-0.39, 0.29) is 4.90 Å². The van der Waals surface area contributed by atoms with Crippen molar-refractivity contribution in [1.82, 2.24) is 8.96 Å². The summed E-state index contributed by atoms with van der Waals surface area (Å²) in [6, 6.07) is 17.1. The molecule has 0 unspecified atom stereocenters. The van der Waals surface area contributed by atoms with E-state index in [4.69, 9.17) is 0 Å². The lowest BCUT2D eigenvalue weighted by Gasteiger charge is -2.19. The van der Waals surface area contributed by atoms with Gasteiger partial charge in [-0.05, 0) is 36.8 Å². The molecule has 6 heteroatoms. The van der Waals surface area contributed by atoms with Crippen LogP contribution in [0.5, 0.6) is 0 Å². The van der Waals surface area contributed by atoms with E-state index >= 15 is 0 Å². The molecule has 5 rings (SSSR count). The second-order valence-electron chi connectivity index (χ2n) is 7.20. The molecule has 0 radical (unpaired) electrons. The molecule has 0 aliphatic carbocycles. The number of anilines is 1. The van der Waals surface area contributed by atoms with Crippen LogP contribution in [0.3, 0.4) is 0 Å². The van der Waals surface area contributed by atoms with Gasteiger partial charge in [0.15, 0.2) is 5.65 Å². The lowest BCUT2D eigenvalue weighted by atomic mass is 10.0.